The van der Waals surface area contributed by atoms with E-state index in [1.807, 2.05) is 6.07 Å². The summed E-state index contributed by atoms with van der Waals surface area (Å²) in [5.41, 5.74) is 0.915. The van der Waals surface area contributed by atoms with Crippen LogP contribution in [0.5, 0.6) is 0 Å². The van der Waals surface area contributed by atoms with E-state index in [1.54, 1.807) is 0 Å². The summed E-state index contributed by atoms with van der Waals surface area (Å²) in [5, 5.41) is 17.5. The van der Waals surface area contributed by atoms with E-state index < -0.39 is 0 Å². The molecule has 0 saturated heterocycles. The maximum absolute atomic E-state index is 8.82. The summed E-state index contributed by atoms with van der Waals surface area (Å²) in [6.07, 6.45) is 5.81. The van der Waals surface area contributed by atoms with E-state index in [2.05, 4.69) is 10.9 Å². The van der Waals surface area contributed by atoms with Gasteiger partial charge in [-0.15, -0.1) is 0 Å². The number of allylic oxidation sites excluding steroid dienone is 2. The van der Waals surface area contributed by atoms with Crippen LogP contribution in [0.25, 0.3) is 4.85 Å². The monoisotopic (exact) mass is 199 g/mol. The van der Waals surface area contributed by atoms with E-state index in [-0.39, 0.29) is 12.1 Å². The molecule has 0 spiro atoms. The van der Waals surface area contributed by atoms with Crippen LogP contribution in [0.1, 0.15) is 38.5 Å². The van der Waals surface area contributed by atoms with Crippen molar-refractivity contribution in [2.45, 2.75) is 38.5 Å². The van der Waals surface area contributed by atoms with Gasteiger partial charge < -0.3 is 0 Å². The Morgan fingerprint density at radius 1 is 1.27 bits per heavy atom. The van der Waals surface area contributed by atoms with Crippen LogP contribution in [0.15, 0.2) is 11.3 Å². The number of nitriles is 2. The van der Waals surface area contributed by atoms with Gasteiger partial charge in [0.2, 0.25) is 0 Å². The van der Waals surface area contributed by atoms with E-state index >= 15 is 0 Å². The lowest BCUT2D eigenvalue weighted by Crippen LogP contribution is -2.10. The van der Waals surface area contributed by atoms with Crippen LogP contribution in [0.2, 0.25) is 0 Å². The highest BCUT2D eigenvalue weighted by Crippen LogP contribution is 2.33. The number of hydrogen-bond acceptors (Lipinski definition) is 2. The Hall–Kier alpha value is -1.79. The first kappa shape index (κ1) is 11.3. The molecular formula is C12H13N3. The molecule has 76 valence electrons. The highest BCUT2D eigenvalue weighted by molar-refractivity contribution is 5.36. The Balaban J connectivity index is 2.92. The SMILES string of the molecule is [C-]#[N+]/C(C#N)=C(/CC#N)C1CCCCC1. The summed E-state index contributed by atoms with van der Waals surface area (Å²) >= 11 is 0. The van der Waals surface area contributed by atoms with Crippen LogP contribution in [-0.4, -0.2) is 0 Å². The predicted molar refractivity (Wildman–Crippen MR) is 56.0 cm³/mol. The maximum atomic E-state index is 8.82. The minimum Gasteiger partial charge on any atom is -0.227 e. The second kappa shape index (κ2) is 5.84. The van der Waals surface area contributed by atoms with Gasteiger partial charge in [0.15, 0.2) is 0 Å². The Labute approximate surface area is 90.4 Å². The van der Waals surface area contributed by atoms with E-state index in [4.69, 9.17) is 17.1 Å². The molecule has 0 N–H and O–H groups in total. The van der Waals surface area contributed by atoms with Crippen LogP contribution in [0.4, 0.5) is 0 Å². The van der Waals surface area contributed by atoms with Gasteiger partial charge in [0.1, 0.15) is 0 Å². The van der Waals surface area contributed by atoms with Crippen molar-refractivity contribution in [1.29, 1.82) is 10.5 Å². The molecule has 1 fully saturated rings. The molecule has 15 heavy (non-hydrogen) atoms. The zero-order valence-corrected chi connectivity index (χ0v) is 8.66. The first-order valence-corrected chi connectivity index (χ1v) is 5.21. The third-order valence-corrected chi connectivity index (χ3v) is 2.89. The van der Waals surface area contributed by atoms with E-state index in [0.717, 1.165) is 31.3 Å². The van der Waals surface area contributed by atoms with Gasteiger partial charge in [0.25, 0.3) is 5.70 Å². The van der Waals surface area contributed by atoms with Crippen molar-refractivity contribution >= 4 is 0 Å². The molecule has 1 aliphatic rings. The van der Waals surface area contributed by atoms with Gasteiger partial charge in [-0.05, 0) is 24.3 Å². The summed E-state index contributed by atoms with van der Waals surface area (Å²) in [4.78, 5) is 3.22. The van der Waals surface area contributed by atoms with Crippen LogP contribution < -0.4 is 0 Å². The number of hydrogen-bond donors (Lipinski definition) is 0. The van der Waals surface area contributed by atoms with Gasteiger partial charge in [-0.1, -0.05) is 19.3 Å². The molecule has 0 aliphatic heterocycles. The quantitative estimate of drug-likeness (QED) is 0.506. The fourth-order valence-corrected chi connectivity index (χ4v) is 2.13. The number of nitrogens with zero attached hydrogens (tertiary/aromatic N) is 3. The van der Waals surface area contributed by atoms with Crippen LogP contribution in [0, 0.1) is 35.2 Å². The Kier molecular flexibility index (Phi) is 4.39. The maximum Gasteiger partial charge on any atom is 0.262 e. The molecule has 3 heteroatoms. The van der Waals surface area contributed by atoms with Crippen molar-refractivity contribution in [3.63, 3.8) is 0 Å². The molecule has 0 heterocycles. The molecule has 3 nitrogen and oxygen atoms in total. The summed E-state index contributed by atoms with van der Waals surface area (Å²) in [6.45, 7) is 6.92. The van der Waals surface area contributed by atoms with Gasteiger partial charge in [-0.25, -0.2) is 10.1 Å². The molecule has 0 radical (unpaired) electrons. The van der Waals surface area contributed by atoms with Gasteiger partial charge >= 0.3 is 0 Å². The zero-order chi connectivity index (χ0) is 11.1. The average Bonchev–Trinajstić information content (AvgIpc) is 2.30. The molecule has 0 aromatic carbocycles. The normalized spacial score (nSPS) is 18.2. The molecule has 0 aromatic rings. The van der Waals surface area contributed by atoms with Crippen molar-refractivity contribution in [2.75, 3.05) is 0 Å². The van der Waals surface area contributed by atoms with Crippen molar-refractivity contribution in [3.8, 4) is 12.1 Å². The highest BCUT2D eigenvalue weighted by Gasteiger charge is 2.20. The summed E-state index contributed by atoms with van der Waals surface area (Å²) < 4.78 is 0. The van der Waals surface area contributed by atoms with Crippen molar-refractivity contribution in [1.82, 2.24) is 0 Å². The second-order valence-corrected chi connectivity index (χ2v) is 3.77. The van der Waals surface area contributed by atoms with Crippen LogP contribution in [-0.2, 0) is 0 Å². The fourth-order valence-electron chi connectivity index (χ4n) is 2.13. The smallest absolute Gasteiger partial charge is 0.227 e. The second-order valence-electron chi connectivity index (χ2n) is 3.77. The van der Waals surface area contributed by atoms with Gasteiger partial charge in [-0.3, -0.25) is 0 Å². The first-order chi connectivity index (χ1) is 7.33. The van der Waals surface area contributed by atoms with Gasteiger partial charge in [0.05, 0.1) is 18.7 Å². The largest absolute Gasteiger partial charge is 0.262 e. The Bertz CT molecular complexity index is 351. The Morgan fingerprint density at radius 3 is 2.40 bits per heavy atom. The third kappa shape index (κ3) is 2.83. The lowest BCUT2D eigenvalue weighted by Gasteiger charge is -2.23. The van der Waals surface area contributed by atoms with Crippen LogP contribution in [0.3, 0.4) is 0 Å². The molecule has 1 saturated carbocycles. The fraction of sp³-hybridized carbons (Fsp3) is 0.583. The van der Waals surface area contributed by atoms with E-state index in [9.17, 15) is 0 Å². The molecule has 0 aromatic heterocycles. The standard InChI is InChI=1S/C12H13N3/c1-15-12(9-14)11(7-8-13)10-5-3-2-4-6-10/h10H,2-7H2/b12-11-. The van der Waals surface area contributed by atoms with Gasteiger partial charge in [0, 0.05) is 6.42 Å². The minimum absolute atomic E-state index is 0.142. The summed E-state index contributed by atoms with van der Waals surface area (Å²) in [6, 6.07) is 3.97. The van der Waals surface area contributed by atoms with E-state index in [1.165, 1.54) is 6.42 Å². The van der Waals surface area contributed by atoms with Crippen molar-refractivity contribution in [3.05, 3.63) is 22.7 Å². The lowest BCUT2D eigenvalue weighted by atomic mass is 9.82. The molecular weight excluding hydrogens is 186 g/mol. The molecule has 0 amide bonds. The van der Waals surface area contributed by atoms with Crippen molar-refractivity contribution in [2.24, 2.45) is 5.92 Å². The van der Waals surface area contributed by atoms with Gasteiger partial charge in [-0.2, -0.15) is 5.26 Å². The Morgan fingerprint density at radius 2 is 1.93 bits per heavy atom. The first-order valence-electron chi connectivity index (χ1n) is 5.21. The zero-order valence-electron chi connectivity index (χ0n) is 8.66. The summed E-state index contributed by atoms with van der Waals surface area (Å²) in [7, 11) is 0. The third-order valence-electron chi connectivity index (χ3n) is 2.89. The average molecular weight is 199 g/mol. The van der Waals surface area contributed by atoms with E-state index in [0.29, 0.717) is 5.92 Å². The van der Waals surface area contributed by atoms with Crippen LogP contribution >= 0.6 is 0 Å². The minimum atomic E-state index is 0.142. The molecule has 0 unspecified atom stereocenters. The lowest BCUT2D eigenvalue weighted by molar-refractivity contribution is 0.398. The van der Waals surface area contributed by atoms with Crippen molar-refractivity contribution < 1.29 is 0 Å². The molecule has 1 rings (SSSR count). The highest BCUT2D eigenvalue weighted by atomic mass is 14.7. The molecule has 1 aliphatic carbocycles. The predicted octanol–water partition coefficient (Wildman–Crippen LogP) is 3.18. The molecule has 0 bridgehead atoms. The topological polar surface area (TPSA) is 51.9 Å². The molecule has 0 atom stereocenters. The summed E-state index contributed by atoms with van der Waals surface area (Å²) in [5.74, 6) is 0.294. The number of rotatable bonds is 2.